The standard InChI is InChI=1S/C28H39N3O3/c1-18(2)31-12-11-28(21-7-8-24(33-5)25(16-21)34-6)10-9-22(17-26(28)31)29-27(32)30-23-14-19(3)13-20(4)15-23/h7-8,13-16,18,22,26H,9-12,17H2,1-6H3,(H2,29,30,32)/t22-,26+,28+/m1/s1. The third kappa shape index (κ3) is 4.74. The Morgan fingerprint density at radius 2 is 1.74 bits per heavy atom. The van der Waals surface area contributed by atoms with E-state index in [9.17, 15) is 4.79 Å². The molecule has 2 aromatic carbocycles. The van der Waals surface area contributed by atoms with Gasteiger partial charge in [0.2, 0.25) is 0 Å². The summed E-state index contributed by atoms with van der Waals surface area (Å²) < 4.78 is 11.1. The van der Waals surface area contributed by atoms with Crippen LogP contribution < -0.4 is 20.1 Å². The summed E-state index contributed by atoms with van der Waals surface area (Å²) in [6, 6.07) is 13.4. The molecule has 0 radical (unpaired) electrons. The number of anilines is 1. The largest absolute Gasteiger partial charge is 0.493 e. The lowest BCUT2D eigenvalue weighted by atomic mass is 9.65. The molecule has 2 N–H and O–H groups in total. The molecule has 184 valence electrons. The van der Waals surface area contributed by atoms with Gasteiger partial charge in [-0.2, -0.15) is 0 Å². The van der Waals surface area contributed by atoms with E-state index < -0.39 is 0 Å². The van der Waals surface area contributed by atoms with Gasteiger partial charge >= 0.3 is 6.03 Å². The van der Waals surface area contributed by atoms with Crippen molar-refractivity contribution in [2.24, 2.45) is 0 Å². The minimum absolute atomic E-state index is 0.0616. The summed E-state index contributed by atoms with van der Waals surface area (Å²) in [5.74, 6) is 1.54. The van der Waals surface area contributed by atoms with Gasteiger partial charge in [-0.25, -0.2) is 4.79 Å². The van der Waals surface area contributed by atoms with E-state index in [0.717, 1.165) is 60.5 Å². The number of aryl methyl sites for hydroxylation is 2. The van der Waals surface area contributed by atoms with E-state index in [0.29, 0.717) is 12.1 Å². The molecule has 1 aliphatic carbocycles. The number of carbonyl (C=O) groups excluding carboxylic acids is 1. The van der Waals surface area contributed by atoms with Crippen LogP contribution in [0, 0.1) is 13.8 Å². The van der Waals surface area contributed by atoms with E-state index >= 15 is 0 Å². The first-order chi connectivity index (χ1) is 16.3. The maximum absolute atomic E-state index is 12.8. The highest BCUT2D eigenvalue weighted by Gasteiger charge is 2.52. The van der Waals surface area contributed by atoms with Crippen molar-refractivity contribution in [3.05, 3.63) is 53.1 Å². The lowest BCUT2D eigenvalue weighted by Gasteiger charge is -2.46. The summed E-state index contributed by atoms with van der Waals surface area (Å²) in [4.78, 5) is 15.5. The van der Waals surface area contributed by atoms with Crippen LogP contribution in [-0.2, 0) is 5.41 Å². The Bertz CT molecular complexity index is 1020. The summed E-state index contributed by atoms with van der Waals surface area (Å²) in [5.41, 5.74) is 4.51. The quantitative estimate of drug-likeness (QED) is 0.598. The molecule has 6 nitrogen and oxygen atoms in total. The molecule has 0 spiro atoms. The second kappa shape index (κ2) is 9.87. The molecule has 2 fully saturated rings. The maximum atomic E-state index is 12.8. The fourth-order valence-electron chi connectivity index (χ4n) is 6.22. The van der Waals surface area contributed by atoms with Gasteiger partial charge in [-0.15, -0.1) is 0 Å². The number of hydrogen-bond acceptors (Lipinski definition) is 4. The molecule has 1 saturated heterocycles. The van der Waals surface area contributed by atoms with Gasteiger partial charge in [0.25, 0.3) is 0 Å². The molecule has 2 aromatic rings. The summed E-state index contributed by atoms with van der Waals surface area (Å²) in [6.45, 7) is 9.71. The minimum Gasteiger partial charge on any atom is -0.493 e. The topological polar surface area (TPSA) is 62.8 Å². The van der Waals surface area contributed by atoms with Crippen LogP contribution in [0.4, 0.5) is 10.5 Å². The number of methoxy groups -OCH3 is 2. The van der Waals surface area contributed by atoms with Gasteiger partial charge in [-0.1, -0.05) is 12.1 Å². The molecule has 0 bridgehead atoms. The number of nitrogens with one attached hydrogen (secondary N) is 2. The van der Waals surface area contributed by atoms with Crippen molar-refractivity contribution in [3.8, 4) is 11.5 Å². The summed E-state index contributed by atoms with van der Waals surface area (Å²) in [5, 5.41) is 6.31. The number of ether oxygens (including phenoxy) is 2. The van der Waals surface area contributed by atoms with Gasteiger partial charge in [0.1, 0.15) is 0 Å². The Morgan fingerprint density at radius 3 is 2.38 bits per heavy atom. The average molecular weight is 466 g/mol. The van der Waals surface area contributed by atoms with Gasteiger partial charge in [-0.05, 0) is 101 Å². The van der Waals surface area contributed by atoms with Crippen LogP contribution in [0.5, 0.6) is 11.5 Å². The highest BCUT2D eigenvalue weighted by atomic mass is 16.5. The van der Waals surface area contributed by atoms with Gasteiger partial charge in [0.15, 0.2) is 11.5 Å². The highest BCUT2D eigenvalue weighted by molar-refractivity contribution is 5.89. The van der Waals surface area contributed by atoms with E-state index in [1.807, 2.05) is 32.0 Å². The van der Waals surface area contributed by atoms with Crippen molar-refractivity contribution in [1.82, 2.24) is 10.2 Å². The van der Waals surface area contributed by atoms with Crippen molar-refractivity contribution < 1.29 is 14.3 Å². The Balaban J connectivity index is 1.53. The molecule has 34 heavy (non-hydrogen) atoms. The van der Waals surface area contributed by atoms with Crippen LogP contribution in [0.25, 0.3) is 0 Å². The predicted molar refractivity (Wildman–Crippen MR) is 137 cm³/mol. The number of hydrogen-bond donors (Lipinski definition) is 2. The fourth-order valence-corrected chi connectivity index (χ4v) is 6.22. The first kappa shape index (κ1) is 24.4. The van der Waals surface area contributed by atoms with Gasteiger partial charge in [0.05, 0.1) is 14.2 Å². The number of rotatable bonds is 6. The van der Waals surface area contributed by atoms with Crippen molar-refractivity contribution in [3.63, 3.8) is 0 Å². The van der Waals surface area contributed by atoms with Gasteiger partial charge in [-0.3, -0.25) is 4.90 Å². The zero-order valence-corrected chi connectivity index (χ0v) is 21.4. The number of carbonyl (C=O) groups is 1. The zero-order chi connectivity index (χ0) is 24.5. The summed E-state index contributed by atoms with van der Waals surface area (Å²) in [7, 11) is 3.37. The second-order valence-corrected chi connectivity index (χ2v) is 10.3. The number of nitrogens with zero attached hydrogens (tertiary/aromatic N) is 1. The molecule has 4 rings (SSSR count). The average Bonchev–Trinajstić information content (AvgIpc) is 3.18. The predicted octanol–water partition coefficient (Wildman–Crippen LogP) is 5.42. The molecular formula is C28H39N3O3. The number of fused-ring (bicyclic) bond motifs is 1. The Hall–Kier alpha value is -2.73. The van der Waals surface area contributed by atoms with Crippen LogP contribution in [0.3, 0.4) is 0 Å². The molecular weight excluding hydrogens is 426 g/mol. The molecule has 0 aromatic heterocycles. The van der Waals surface area contributed by atoms with E-state index in [4.69, 9.17) is 9.47 Å². The van der Waals surface area contributed by atoms with E-state index in [2.05, 4.69) is 47.6 Å². The van der Waals surface area contributed by atoms with Crippen molar-refractivity contribution >= 4 is 11.7 Å². The molecule has 2 amide bonds. The number of likely N-dealkylation sites (tertiary alicyclic amines) is 1. The number of benzene rings is 2. The Labute approximate surface area is 204 Å². The van der Waals surface area contributed by atoms with Crippen molar-refractivity contribution in [2.45, 2.75) is 76.9 Å². The van der Waals surface area contributed by atoms with E-state index in [-0.39, 0.29) is 17.5 Å². The first-order valence-electron chi connectivity index (χ1n) is 12.4. The molecule has 2 aliphatic rings. The SMILES string of the molecule is COc1ccc([C@@]23CC[C@@H](NC(=O)Nc4cc(C)cc(C)c4)C[C@@H]2N(C(C)C)CC3)cc1OC. The summed E-state index contributed by atoms with van der Waals surface area (Å²) in [6.07, 6.45) is 4.04. The molecule has 6 heteroatoms. The molecule has 1 heterocycles. The van der Waals surface area contributed by atoms with Crippen molar-refractivity contribution in [2.75, 3.05) is 26.1 Å². The molecule has 3 atom stereocenters. The van der Waals surface area contributed by atoms with E-state index in [1.54, 1.807) is 14.2 Å². The number of amides is 2. The zero-order valence-electron chi connectivity index (χ0n) is 21.4. The second-order valence-electron chi connectivity index (χ2n) is 10.3. The van der Waals surface area contributed by atoms with Crippen LogP contribution >= 0.6 is 0 Å². The lowest BCUT2D eigenvalue weighted by Crippen LogP contribution is -2.54. The normalized spacial score (nSPS) is 24.6. The minimum atomic E-state index is -0.122. The Kier molecular flexibility index (Phi) is 7.08. The van der Waals surface area contributed by atoms with Crippen LogP contribution in [0.1, 0.15) is 56.2 Å². The van der Waals surface area contributed by atoms with Crippen LogP contribution in [0.15, 0.2) is 36.4 Å². The molecule has 0 unspecified atom stereocenters. The molecule has 1 saturated carbocycles. The number of urea groups is 1. The third-order valence-corrected chi connectivity index (χ3v) is 7.74. The fraction of sp³-hybridized carbons (Fsp3) is 0.536. The summed E-state index contributed by atoms with van der Waals surface area (Å²) >= 11 is 0. The van der Waals surface area contributed by atoms with Gasteiger partial charge < -0.3 is 20.1 Å². The highest BCUT2D eigenvalue weighted by Crippen LogP contribution is 2.50. The first-order valence-corrected chi connectivity index (χ1v) is 12.4. The van der Waals surface area contributed by atoms with Crippen LogP contribution in [0.2, 0.25) is 0 Å². The van der Waals surface area contributed by atoms with E-state index in [1.165, 1.54) is 5.56 Å². The monoisotopic (exact) mass is 465 g/mol. The smallest absolute Gasteiger partial charge is 0.319 e. The van der Waals surface area contributed by atoms with Crippen molar-refractivity contribution in [1.29, 1.82) is 0 Å². The maximum Gasteiger partial charge on any atom is 0.319 e. The van der Waals surface area contributed by atoms with Gasteiger partial charge in [0, 0.05) is 29.2 Å². The third-order valence-electron chi connectivity index (χ3n) is 7.74. The van der Waals surface area contributed by atoms with Crippen LogP contribution in [-0.4, -0.2) is 49.8 Å². The molecule has 1 aliphatic heterocycles. The lowest BCUT2D eigenvalue weighted by molar-refractivity contribution is 0.113. The Morgan fingerprint density at radius 1 is 1.03 bits per heavy atom.